The first-order chi connectivity index (χ1) is 11.4. The number of nitrogens with zero attached hydrogens (tertiary/aromatic N) is 1. The number of H-pyrrole nitrogens is 1. The molecule has 1 aromatic heterocycles. The second-order valence-corrected chi connectivity index (χ2v) is 6.82. The first kappa shape index (κ1) is 16.5. The lowest BCUT2D eigenvalue weighted by atomic mass is 9.96. The Morgan fingerprint density at radius 1 is 1.12 bits per heavy atom. The Morgan fingerprint density at radius 2 is 1.79 bits per heavy atom. The summed E-state index contributed by atoms with van der Waals surface area (Å²) in [7, 11) is 0. The maximum absolute atomic E-state index is 12.7. The third-order valence-corrected chi connectivity index (χ3v) is 4.58. The molecule has 1 aromatic carbocycles. The van der Waals surface area contributed by atoms with Crippen molar-refractivity contribution in [3.8, 4) is 0 Å². The summed E-state index contributed by atoms with van der Waals surface area (Å²) in [6.07, 6.45) is 5.05. The molecule has 2 aromatic rings. The zero-order chi connectivity index (χ0) is 17.3. The van der Waals surface area contributed by atoms with Gasteiger partial charge in [-0.3, -0.25) is 9.59 Å². The van der Waals surface area contributed by atoms with Gasteiger partial charge in [0.05, 0.1) is 11.6 Å². The van der Waals surface area contributed by atoms with E-state index in [1.165, 1.54) is 0 Å². The average Bonchev–Trinajstić information content (AvgIpc) is 3.24. The smallest absolute Gasteiger partial charge is 0.254 e. The Labute approximate surface area is 141 Å². The largest absolute Gasteiger partial charge is 0.388 e. The maximum Gasteiger partial charge on any atom is 0.254 e. The van der Waals surface area contributed by atoms with E-state index in [9.17, 15) is 14.7 Å². The van der Waals surface area contributed by atoms with Gasteiger partial charge in [-0.15, -0.1) is 0 Å². The quantitative estimate of drug-likeness (QED) is 0.848. The fourth-order valence-corrected chi connectivity index (χ4v) is 3.31. The van der Waals surface area contributed by atoms with Crippen molar-refractivity contribution in [2.75, 3.05) is 6.54 Å². The minimum absolute atomic E-state index is 0.0780. The molecule has 1 amide bonds. The molecular formula is C19H22N2O3. The van der Waals surface area contributed by atoms with E-state index in [4.69, 9.17) is 0 Å². The Bertz CT molecular complexity index is 727. The van der Waals surface area contributed by atoms with Gasteiger partial charge in [0, 0.05) is 35.6 Å². The molecule has 126 valence electrons. The fourth-order valence-electron chi connectivity index (χ4n) is 3.31. The number of benzene rings is 1. The van der Waals surface area contributed by atoms with Crippen molar-refractivity contribution in [2.45, 2.75) is 38.3 Å². The molecule has 2 N–H and O–H groups in total. The van der Waals surface area contributed by atoms with Crippen LogP contribution in [0.4, 0.5) is 0 Å². The molecule has 1 aliphatic rings. The summed E-state index contributed by atoms with van der Waals surface area (Å²) in [4.78, 5) is 29.6. The Hall–Kier alpha value is -2.40. The van der Waals surface area contributed by atoms with Gasteiger partial charge in [-0.1, -0.05) is 12.1 Å². The van der Waals surface area contributed by atoms with E-state index >= 15 is 0 Å². The van der Waals surface area contributed by atoms with E-state index in [0.717, 1.165) is 12.8 Å². The Morgan fingerprint density at radius 3 is 2.38 bits per heavy atom. The molecule has 0 aliphatic carbocycles. The highest BCUT2D eigenvalue weighted by atomic mass is 16.3. The highest BCUT2D eigenvalue weighted by molar-refractivity contribution is 6.09. The molecule has 24 heavy (non-hydrogen) atoms. The number of hydrogen-bond donors (Lipinski definition) is 2. The van der Waals surface area contributed by atoms with Crippen molar-refractivity contribution in [3.63, 3.8) is 0 Å². The summed E-state index contributed by atoms with van der Waals surface area (Å²) in [5.74, 6) is -0.175. The van der Waals surface area contributed by atoms with Crippen LogP contribution in [0.25, 0.3) is 0 Å². The zero-order valence-corrected chi connectivity index (χ0v) is 14.0. The van der Waals surface area contributed by atoms with Gasteiger partial charge in [0.1, 0.15) is 0 Å². The predicted molar refractivity (Wildman–Crippen MR) is 91.0 cm³/mol. The van der Waals surface area contributed by atoms with Gasteiger partial charge in [-0.2, -0.15) is 0 Å². The van der Waals surface area contributed by atoms with Gasteiger partial charge in [0.25, 0.3) is 5.91 Å². The minimum Gasteiger partial charge on any atom is -0.388 e. The van der Waals surface area contributed by atoms with Crippen LogP contribution in [0.15, 0.2) is 42.7 Å². The molecule has 1 unspecified atom stereocenters. The van der Waals surface area contributed by atoms with Crippen LogP contribution in [0.5, 0.6) is 0 Å². The van der Waals surface area contributed by atoms with Gasteiger partial charge < -0.3 is 15.0 Å². The van der Waals surface area contributed by atoms with Gasteiger partial charge in [0.15, 0.2) is 5.78 Å². The van der Waals surface area contributed by atoms with Crippen LogP contribution in [0.1, 0.15) is 53.0 Å². The van der Waals surface area contributed by atoms with E-state index in [0.29, 0.717) is 23.2 Å². The summed E-state index contributed by atoms with van der Waals surface area (Å²) >= 11 is 0. The first-order valence-electron chi connectivity index (χ1n) is 8.19. The second kappa shape index (κ2) is 6.24. The van der Waals surface area contributed by atoms with Crippen LogP contribution in [0, 0.1) is 0 Å². The number of aromatic nitrogens is 1. The number of hydrogen-bond acceptors (Lipinski definition) is 3. The normalized spacial score (nSPS) is 18.0. The summed E-state index contributed by atoms with van der Waals surface area (Å²) in [6.45, 7) is 4.13. The molecule has 1 aliphatic heterocycles. The third kappa shape index (κ3) is 3.12. The third-order valence-electron chi connectivity index (χ3n) is 4.58. The van der Waals surface area contributed by atoms with Crippen molar-refractivity contribution in [3.05, 3.63) is 59.4 Å². The van der Waals surface area contributed by atoms with Crippen molar-refractivity contribution in [2.24, 2.45) is 0 Å². The van der Waals surface area contributed by atoms with Crippen LogP contribution in [0.2, 0.25) is 0 Å². The Kier molecular flexibility index (Phi) is 4.28. The van der Waals surface area contributed by atoms with E-state index in [-0.39, 0.29) is 17.7 Å². The van der Waals surface area contributed by atoms with Crippen LogP contribution in [0.3, 0.4) is 0 Å². The topological polar surface area (TPSA) is 73.4 Å². The van der Waals surface area contributed by atoms with Gasteiger partial charge >= 0.3 is 0 Å². The van der Waals surface area contributed by atoms with Crippen LogP contribution < -0.4 is 0 Å². The number of amides is 1. The molecule has 1 fully saturated rings. The highest BCUT2D eigenvalue weighted by Crippen LogP contribution is 2.28. The summed E-state index contributed by atoms with van der Waals surface area (Å²) in [6, 6.07) is 8.27. The number of rotatable bonds is 4. The number of aliphatic hydroxyl groups is 1. The van der Waals surface area contributed by atoms with E-state index in [1.54, 1.807) is 61.5 Å². The first-order valence-corrected chi connectivity index (χ1v) is 8.19. The number of aromatic amines is 1. The standard InChI is InChI=1S/C19H22N2O3/c1-19(2,24)16-4-3-11-21(16)18(23)14-7-5-13(6-8-14)17(22)15-9-10-20-12-15/h5-10,12,16,20,24H,3-4,11H2,1-2H3. The molecule has 2 heterocycles. The van der Waals surface area contributed by atoms with Crippen LogP contribution in [-0.2, 0) is 0 Å². The average molecular weight is 326 g/mol. The molecule has 1 atom stereocenters. The van der Waals surface area contributed by atoms with Crippen molar-refractivity contribution < 1.29 is 14.7 Å². The number of carbonyl (C=O) groups excluding carboxylic acids is 2. The van der Waals surface area contributed by atoms with Gasteiger partial charge in [-0.05, 0) is 44.9 Å². The number of nitrogens with one attached hydrogen (secondary N) is 1. The zero-order valence-electron chi connectivity index (χ0n) is 14.0. The lowest BCUT2D eigenvalue weighted by molar-refractivity contribution is 0.000336. The summed E-state index contributed by atoms with van der Waals surface area (Å²) < 4.78 is 0. The molecular weight excluding hydrogens is 304 g/mol. The van der Waals surface area contributed by atoms with E-state index < -0.39 is 5.60 Å². The highest BCUT2D eigenvalue weighted by Gasteiger charge is 2.38. The molecule has 0 bridgehead atoms. The van der Waals surface area contributed by atoms with Crippen LogP contribution in [-0.4, -0.2) is 44.9 Å². The maximum atomic E-state index is 12.7. The van der Waals surface area contributed by atoms with E-state index in [1.807, 2.05) is 0 Å². The van der Waals surface area contributed by atoms with Crippen LogP contribution >= 0.6 is 0 Å². The summed E-state index contributed by atoms with van der Waals surface area (Å²) in [5.41, 5.74) is 0.759. The molecule has 5 heteroatoms. The molecule has 0 saturated carbocycles. The van der Waals surface area contributed by atoms with Gasteiger partial charge in [0.2, 0.25) is 0 Å². The monoisotopic (exact) mass is 326 g/mol. The SMILES string of the molecule is CC(C)(O)C1CCCN1C(=O)c1ccc(C(=O)c2cc[nH]c2)cc1. The van der Waals surface area contributed by atoms with E-state index in [2.05, 4.69) is 4.98 Å². The molecule has 0 radical (unpaired) electrons. The number of likely N-dealkylation sites (tertiary alicyclic amines) is 1. The minimum atomic E-state index is -0.920. The molecule has 1 saturated heterocycles. The van der Waals surface area contributed by atoms with Gasteiger partial charge in [-0.25, -0.2) is 0 Å². The lowest BCUT2D eigenvalue weighted by Crippen LogP contribution is -2.48. The summed E-state index contributed by atoms with van der Waals surface area (Å²) in [5, 5.41) is 10.3. The molecule has 3 rings (SSSR count). The fraction of sp³-hybridized carbons (Fsp3) is 0.368. The number of carbonyl (C=O) groups is 2. The van der Waals surface area contributed by atoms with Crippen molar-refractivity contribution in [1.82, 2.24) is 9.88 Å². The van der Waals surface area contributed by atoms with Crippen molar-refractivity contribution >= 4 is 11.7 Å². The Balaban J connectivity index is 1.78. The lowest BCUT2D eigenvalue weighted by Gasteiger charge is -2.33. The predicted octanol–water partition coefficient (Wildman–Crippen LogP) is 2.62. The second-order valence-electron chi connectivity index (χ2n) is 6.82. The van der Waals surface area contributed by atoms with Crippen molar-refractivity contribution in [1.29, 1.82) is 0 Å². The number of ketones is 1. The molecule has 0 spiro atoms. The molecule has 5 nitrogen and oxygen atoms in total.